The minimum Gasteiger partial charge on any atom is -0.370 e. The summed E-state index contributed by atoms with van der Waals surface area (Å²) in [4.78, 5) is 24.0. The summed E-state index contributed by atoms with van der Waals surface area (Å²) in [6, 6.07) is 3.94. The molecule has 0 saturated heterocycles. The number of hydroxylamine groups is 1. The third-order valence-corrected chi connectivity index (χ3v) is 3.52. The van der Waals surface area contributed by atoms with Crippen molar-refractivity contribution in [2.75, 3.05) is 7.11 Å². The molecule has 2 atom stereocenters. The van der Waals surface area contributed by atoms with Crippen molar-refractivity contribution in [3.63, 3.8) is 0 Å². The van der Waals surface area contributed by atoms with Crippen LogP contribution >= 0.6 is 0 Å². The Hall–Kier alpha value is -2.94. The van der Waals surface area contributed by atoms with E-state index in [1.54, 1.807) is 0 Å². The van der Waals surface area contributed by atoms with Crippen LogP contribution in [0.3, 0.4) is 0 Å². The second-order valence-electron chi connectivity index (χ2n) is 5.04. The van der Waals surface area contributed by atoms with E-state index in [4.69, 9.17) is 16.4 Å². The van der Waals surface area contributed by atoms with E-state index < -0.39 is 29.9 Å². The number of terminal acetylenes is 1. The summed E-state index contributed by atoms with van der Waals surface area (Å²) in [6.45, 7) is 0.941. The van der Waals surface area contributed by atoms with Gasteiger partial charge >= 0.3 is 0 Å². The van der Waals surface area contributed by atoms with E-state index in [0.717, 1.165) is 14.0 Å². The number of ether oxygens (including phenoxy) is 1. The summed E-state index contributed by atoms with van der Waals surface area (Å²) in [7, 11) is 0.967. The molecule has 132 valence electrons. The lowest BCUT2D eigenvalue weighted by Crippen LogP contribution is -2.62. The molecule has 0 saturated carbocycles. The monoisotopic (exact) mass is 350 g/mol. The van der Waals surface area contributed by atoms with Crippen LogP contribution in [0.4, 0.5) is 8.78 Å². The predicted octanol–water partition coefficient (Wildman–Crippen LogP) is 0.945. The van der Waals surface area contributed by atoms with Crippen molar-refractivity contribution in [1.82, 2.24) is 10.8 Å². The Morgan fingerprint density at radius 1 is 1.32 bits per heavy atom. The predicted molar refractivity (Wildman–Crippen MR) is 84.8 cm³/mol. The standard InChI is InChI=1S/C17H16F2N2O4/c1-4-5-6-11-7-9-12(10-8-11)14(22)20-13(15(23)21-24)17(2,25-3)16(18)19/h1,7-10,13,16,24H,2-3H3,(H,20,22)(H,21,23)/t13-,17?/m1/s1. The molecule has 0 aliphatic rings. The fraction of sp³-hybridized carbons (Fsp3) is 0.294. The number of benzene rings is 1. The molecular weight excluding hydrogens is 334 g/mol. The van der Waals surface area contributed by atoms with Gasteiger partial charge in [0.25, 0.3) is 18.2 Å². The van der Waals surface area contributed by atoms with Gasteiger partial charge in [-0.3, -0.25) is 14.8 Å². The van der Waals surface area contributed by atoms with E-state index >= 15 is 0 Å². The van der Waals surface area contributed by atoms with Gasteiger partial charge in [0, 0.05) is 18.2 Å². The number of methoxy groups -OCH3 is 1. The Kier molecular flexibility index (Phi) is 7.06. The summed E-state index contributed by atoms with van der Waals surface area (Å²) >= 11 is 0. The maximum absolute atomic E-state index is 13.3. The number of carbonyl (C=O) groups excluding carboxylic acids is 2. The van der Waals surface area contributed by atoms with Crippen molar-refractivity contribution in [2.45, 2.75) is 25.0 Å². The van der Waals surface area contributed by atoms with Crippen molar-refractivity contribution in [2.24, 2.45) is 0 Å². The van der Waals surface area contributed by atoms with Gasteiger partial charge in [-0.2, -0.15) is 0 Å². The van der Waals surface area contributed by atoms with Gasteiger partial charge in [0.1, 0.15) is 6.04 Å². The largest absolute Gasteiger partial charge is 0.370 e. The van der Waals surface area contributed by atoms with Crippen molar-refractivity contribution >= 4 is 11.8 Å². The van der Waals surface area contributed by atoms with Gasteiger partial charge < -0.3 is 10.1 Å². The summed E-state index contributed by atoms with van der Waals surface area (Å²) in [5.41, 5.74) is -0.460. The first-order valence-electron chi connectivity index (χ1n) is 6.95. The van der Waals surface area contributed by atoms with Crippen LogP contribution in [-0.2, 0) is 9.53 Å². The normalized spacial score (nSPS) is 13.6. The molecule has 1 aromatic rings. The highest BCUT2D eigenvalue weighted by molar-refractivity contribution is 5.97. The van der Waals surface area contributed by atoms with Gasteiger partial charge in [-0.25, -0.2) is 14.3 Å². The fourth-order valence-corrected chi connectivity index (χ4v) is 1.89. The second-order valence-corrected chi connectivity index (χ2v) is 5.04. The molecule has 0 spiro atoms. The van der Waals surface area contributed by atoms with Crippen LogP contribution in [0.25, 0.3) is 0 Å². The molecule has 0 aliphatic carbocycles. The van der Waals surface area contributed by atoms with Crippen molar-refractivity contribution in [1.29, 1.82) is 0 Å². The Morgan fingerprint density at radius 3 is 2.36 bits per heavy atom. The van der Waals surface area contributed by atoms with Crippen molar-refractivity contribution in [3.05, 3.63) is 35.4 Å². The summed E-state index contributed by atoms with van der Waals surface area (Å²) in [5, 5.41) is 10.9. The average molecular weight is 350 g/mol. The Balaban J connectivity index is 3.07. The number of rotatable bonds is 6. The molecule has 3 N–H and O–H groups in total. The van der Waals surface area contributed by atoms with E-state index in [0.29, 0.717) is 5.56 Å². The van der Waals surface area contributed by atoms with Crippen LogP contribution < -0.4 is 10.8 Å². The highest BCUT2D eigenvalue weighted by Gasteiger charge is 2.48. The smallest absolute Gasteiger partial charge is 0.269 e. The van der Waals surface area contributed by atoms with Gasteiger partial charge in [-0.1, -0.05) is 5.92 Å². The van der Waals surface area contributed by atoms with Crippen molar-refractivity contribution < 1.29 is 28.3 Å². The molecule has 6 nitrogen and oxygen atoms in total. The van der Waals surface area contributed by atoms with Crippen molar-refractivity contribution in [3.8, 4) is 24.2 Å². The van der Waals surface area contributed by atoms with E-state index in [1.165, 1.54) is 29.7 Å². The molecule has 0 aromatic heterocycles. The van der Waals surface area contributed by atoms with E-state index in [2.05, 4.69) is 23.1 Å². The first-order chi connectivity index (χ1) is 11.8. The van der Waals surface area contributed by atoms with Gasteiger partial charge in [-0.15, -0.1) is 6.42 Å². The lowest BCUT2D eigenvalue weighted by Gasteiger charge is -2.34. The number of alkyl halides is 2. The molecule has 0 bridgehead atoms. The van der Waals surface area contributed by atoms with Crippen LogP contribution in [-0.4, -0.2) is 42.2 Å². The molecule has 2 amide bonds. The maximum atomic E-state index is 13.3. The number of amides is 2. The molecule has 0 heterocycles. The van der Waals surface area contributed by atoms with E-state index in [-0.39, 0.29) is 5.56 Å². The molecule has 1 aromatic carbocycles. The first kappa shape index (κ1) is 20.1. The van der Waals surface area contributed by atoms with Crippen LogP contribution in [0.1, 0.15) is 22.8 Å². The molecular formula is C17H16F2N2O4. The zero-order chi connectivity index (χ0) is 19.0. The minimum absolute atomic E-state index is 0.0923. The molecule has 1 unspecified atom stereocenters. The summed E-state index contributed by atoms with van der Waals surface area (Å²) in [5.74, 6) is 5.13. The topological polar surface area (TPSA) is 87.7 Å². The zero-order valence-electron chi connectivity index (χ0n) is 13.5. The second kappa shape index (κ2) is 8.78. The number of carbonyl (C=O) groups is 2. The van der Waals surface area contributed by atoms with Crippen LogP contribution in [0.2, 0.25) is 0 Å². The number of halogens is 2. The Bertz CT molecular complexity index is 732. The van der Waals surface area contributed by atoms with Gasteiger partial charge in [0.2, 0.25) is 0 Å². The number of hydrogen-bond donors (Lipinski definition) is 3. The maximum Gasteiger partial charge on any atom is 0.269 e. The van der Waals surface area contributed by atoms with Gasteiger partial charge in [0.05, 0.1) is 0 Å². The molecule has 1 rings (SSSR count). The Labute approximate surface area is 143 Å². The fourth-order valence-electron chi connectivity index (χ4n) is 1.89. The number of hydrogen-bond acceptors (Lipinski definition) is 4. The molecule has 0 radical (unpaired) electrons. The highest BCUT2D eigenvalue weighted by atomic mass is 19.3. The molecule has 25 heavy (non-hydrogen) atoms. The minimum atomic E-state index is -3.11. The molecule has 0 aliphatic heterocycles. The van der Waals surface area contributed by atoms with E-state index in [9.17, 15) is 18.4 Å². The lowest BCUT2D eigenvalue weighted by molar-refractivity contribution is -0.157. The van der Waals surface area contributed by atoms with Crippen LogP contribution in [0, 0.1) is 24.2 Å². The lowest BCUT2D eigenvalue weighted by atomic mass is 9.95. The third-order valence-electron chi connectivity index (χ3n) is 3.52. The van der Waals surface area contributed by atoms with Crippen LogP contribution in [0.15, 0.2) is 24.3 Å². The van der Waals surface area contributed by atoms with Crippen LogP contribution in [0.5, 0.6) is 0 Å². The summed E-state index contributed by atoms with van der Waals surface area (Å²) in [6.07, 6.45) is 1.90. The third kappa shape index (κ3) is 4.77. The van der Waals surface area contributed by atoms with Gasteiger partial charge in [-0.05, 0) is 43.0 Å². The Morgan fingerprint density at radius 2 is 1.92 bits per heavy atom. The highest BCUT2D eigenvalue weighted by Crippen LogP contribution is 2.24. The quantitative estimate of drug-likeness (QED) is 0.405. The van der Waals surface area contributed by atoms with E-state index in [1.807, 2.05) is 0 Å². The summed E-state index contributed by atoms with van der Waals surface area (Å²) < 4.78 is 31.3. The average Bonchev–Trinajstić information content (AvgIpc) is 2.63. The first-order valence-corrected chi connectivity index (χ1v) is 6.95. The SMILES string of the molecule is C#CC#Cc1ccc(C(=O)N[C@H](C(=O)NO)C(C)(OC)C(F)F)cc1. The number of nitrogens with one attached hydrogen (secondary N) is 2. The zero-order valence-corrected chi connectivity index (χ0v) is 13.5. The molecule has 8 heteroatoms. The molecule has 0 fully saturated rings. The van der Waals surface area contributed by atoms with Gasteiger partial charge in [0.15, 0.2) is 5.60 Å².